The minimum Gasteiger partial charge on any atom is -0.469 e. The third kappa shape index (κ3) is 3.18. The van der Waals surface area contributed by atoms with Crippen molar-refractivity contribution in [2.45, 2.75) is 13.2 Å². The second-order valence-electron chi connectivity index (χ2n) is 3.35. The molecule has 0 saturated heterocycles. The maximum absolute atomic E-state index is 5.63. The highest BCUT2D eigenvalue weighted by atomic mass is 16.5. The van der Waals surface area contributed by atoms with E-state index in [0.717, 1.165) is 5.76 Å². The van der Waals surface area contributed by atoms with Crippen LogP contribution in [-0.4, -0.2) is 17.1 Å². The second-order valence-corrected chi connectivity index (χ2v) is 3.35. The lowest BCUT2D eigenvalue weighted by molar-refractivity contribution is 0.175. The Hall–Kier alpha value is -2.08. The van der Waals surface area contributed by atoms with Gasteiger partial charge in [-0.1, -0.05) is 0 Å². The SMILES string of the molecule is COCc1nc(N)cc(OCc2ccco2)n1. The molecule has 0 atom stereocenters. The minimum atomic E-state index is 0.294. The summed E-state index contributed by atoms with van der Waals surface area (Å²) in [5, 5.41) is 0. The highest BCUT2D eigenvalue weighted by Crippen LogP contribution is 2.13. The predicted molar refractivity (Wildman–Crippen MR) is 60.2 cm³/mol. The van der Waals surface area contributed by atoms with Crippen LogP contribution in [0.1, 0.15) is 11.6 Å². The number of methoxy groups -OCH3 is 1. The van der Waals surface area contributed by atoms with Gasteiger partial charge in [-0.15, -0.1) is 0 Å². The molecule has 0 amide bonds. The number of ether oxygens (including phenoxy) is 2. The number of nitrogens with two attached hydrogens (primary N) is 1. The Labute approximate surface area is 98.4 Å². The maximum atomic E-state index is 5.63. The average Bonchev–Trinajstić information content (AvgIpc) is 2.79. The van der Waals surface area contributed by atoms with Gasteiger partial charge in [-0.3, -0.25) is 0 Å². The molecule has 2 heterocycles. The Morgan fingerprint density at radius 2 is 2.24 bits per heavy atom. The fourth-order valence-electron chi connectivity index (χ4n) is 1.30. The maximum Gasteiger partial charge on any atom is 0.219 e. The Morgan fingerprint density at radius 1 is 1.35 bits per heavy atom. The zero-order valence-electron chi connectivity index (χ0n) is 9.42. The molecule has 0 aliphatic carbocycles. The molecule has 0 unspecified atom stereocenters. The van der Waals surface area contributed by atoms with Gasteiger partial charge in [0.1, 0.15) is 24.8 Å². The Kier molecular flexibility index (Phi) is 3.56. The summed E-state index contributed by atoms with van der Waals surface area (Å²) < 4.78 is 15.5. The molecule has 0 fully saturated rings. The zero-order chi connectivity index (χ0) is 12.1. The third-order valence-electron chi connectivity index (χ3n) is 1.98. The van der Waals surface area contributed by atoms with Crippen molar-refractivity contribution in [1.29, 1.82) is 0 Å². The Bertz CT molecular complexity index is 471. The van der Waals surface area contributed by atoms with Crippen LogP contribution in [0.4, 0.5) is 5.82 Å². The smallest absolute Gasteiger partial charge is 0.219 e. The van der Waals surface area contributed by atoms with E-state index in [1.54, 1.807) is 25.5 Å². The van der Waals surface area contributed by atoms with Gasteiger partial charge in [0, 0.05) is 13.2 Å². The highest BCUT2D eigenvalue weighted by molar-refractivity contribution is 5.32. The molecule has 17 heavy (non-hydrogen) atoms. The van der Waals surface area contributed by atoms with Crippen LogP contribution in [0.5, 0.6) is 5.88 Å². The lowest BCUT2D eigenvalue weighted by atomic mass is 10.5. The molecule has 0 radical (unpaired) electrons. The third-order valence-corrected chi connectivity index (χ3v) is 1.98. The van der Waals surface area contributed by atoms with Crippen molar-refractivity contribution in [3.05, 3.63) is 36.0 Å². The molecule has 0 saturated carbocycles. The largest absolute Gasteiger partial charge is 0.469 e. The molecule has 2 aromatic heterocycles. The van der Waals surface area contributed by atoms with Gasteiger partial charge in [0.2, 0.25) is 5.88 Å². The summed E-state index contributed by atoms with van der Waals surface area (Å²) in [5.41, 5.74) is 5.63. The van der Waals surface area contributed by atoms with E-state index in [2.05, 4.69) is 9.97 Å². The van der Waals surface area contributed by atoms with Crippen LogP contribution >= 0.6 is 0 Å². The van der Waals surface area contributed by atoms with Gasteiger partial charge in [-0.25, -0.2) is 4.98 Å². The van der Waals surface area contributed by atoms with E-state index in [-0.39, 0.29) is 0 Å². The fraction of sp³-hybridized carbons (Fsp3) is 0.273. The number of aromatic nitrogens is 2. The van der Waals surface area contributed by atoms with Crippen LogP contribution in [0.15, 0.2) is 28.9 Å². The van der Waals surface area contributed by atoms with E-state index in [9.17, 15) is 0 Å². The summed E-state index contributed by atoms with van der Waals surface area (Å²) in [5.74, 6) is 1.96. The average molecular weight is 235 g/mol. The number of nitrogen functional groups attached to an aromatic ring is 1. The standard InChI is InChI=1S/C11H13N3O3/c1-15-7-10-13-9(12)5-11(14-10)17-6-8-3-2-4-16-8/h2-5H,6-7H2,1H3,(H2,12,13,14). The lowest BCUT2D eigenvalue weighted by Gasteiger charge is -2.06. The van der Waals surface area contributed by atoms with Crippen LogP contribution < -0.4 is 10.5 Å². The molecule has 90 valence electrons. The first-order chi connectivity index (χ1) is 8.28. The molecule has 0 aliphatic heterocycles. The Balaban J connectivity index is 2.04. The van der Waals surface area contributed by atoms with Crippen molar-refractivity contribution in [2.24, 2.45) is 0 Å². The van der Waals surface area contributed by atoms with E-state index < -0.39 is 0 Å². The van der Waals surface area contributed by atoms with Crippen LogP contribution in [0.2, 0.25) is 0 Å². The first-order valence-corrected chi connectivity index (χ1v) is 5.05. The summed E-state index contributed by atoms with van der Waals surface area (Å²) >= 11 is 0. The van der Waals surface area contributed by atoms with E-state index in [4.69, 9.17) is 19.6 Å². The number of hydrogen-bond donors (Lipinski definition) is 1. The van der Waals surface area contributed by atoms with Crippen molar-refractivity contribution in [1.82, 2.24) is 9.97 Å². The summed E-state index contributed by atoms with van der Waals surface area (Å²) in [6.07, 6.45) is 1.59. The normalized spacial score (nSPS) is 10.4. The number of furan rings is 1. The summed E-state index contributed by atoms with van der Waals surface area (Å²) in [6.45, 7) is 0.595. The van der Waals surface area contributed by atoms with Gasteiger partial charge < -0.3 is 19.6 Å². The number of nitrogens with zero attached hydrogens (tertiary/aromatic N) is 2. The first-order valence-electron chi connectivity index (χ1n) is 5.05. The molecule has 2 N–H and O–H groups in total. The molecule has 0 spiro atoms. The number of hydrogen-bond acceptors (Lipinski definition) is 6. The van der Waals surface area contributed by atoms with Gasteiger partial charge in [-0.05, 0) is 12.1 Å². The molecule has 2 rings (SSSR count). The summed E-state index contributed by atoms with van der Waals surface area (Å²) in [4.78, 5) is 8.15. The summed E-state index contributed by atoms with van der Waals surface area (Å²) in [7, 11) is 1.57. The molecule has 2 aromatic rings. The van der Waals surface area contributed by atoms with Crippen molar-refractivity contribution in [3.63, 3.8) is 0 Å². The van der Waals surface area contributed by atoms with Crippen molar-refractivity contribution in [2.75, 3.05) is 12.8 Å². The lowest BCUT2D eigenvalue weighted by Crippen LogP contribution is -2.04. The molecule has 6 heteroatoms. The van der Waals surface area contributed by atoms with Crippen LogP contribution in [0, 0.1) is 0 Å². The van der Waals surface area contributed by atoms with E-state index in [1.165, 1.54) is 0 Å². The fourth-order valence-corrected chi connectivity index (χ4v) is 1.30. The van der Waals surface area contributed by atoms with E-state index >= 15 is 0 Å². The predicted octanol–water partition coefficient (Wildman–Crippen LogP) is 1.38. The van der Waals surface area contributed by atoms with Crippen LogP contribution in [-0.2, 0) is 18.0 Å². The van der Waals surface area contributed by atoms with Gasteiger partial charge in [0.25, 0.3) is 0 Å². The molecule has 0 aliphatic rings. The van der Waals surface area contributed by atoms with Gasteiger partial charge >= 0.3 is 0 Å². The van der Waals surface area contributed by atoms with Gasteiger partial charge in [0.15, 0.2) is 5.82 Å². The van der Waals surface area contributed by atoms with Crippen molar-refractivity contribution >= 4 is 5.82 Å². The molecule has 6 nitrogen and oxygen atoms in total. The highest BCUT2D eigenvalue weighted by Gasteiger charge is 2.04. The van der Waals surface area contributed by atoms with Gasteiger partial charge in [-0.2, -0.15) is 4.98 Å². The van der Waals surface area contributed by atoms with Gasteiger partial charge in [0.05, 0.1) is 6.26 Å². The van der Waals surface area contributed by atoms with Crippen molar-refractivity contribution in [3.8, 4) is 5.88 Å². The zero-order valence-corrected chi connectivity index (χ0v) is 9.42. The summed E-state index contributed by atoms with van der Waals surface area (Å²) in [6, 6.07) is 5.17. The number of rotatable bonds is 5. The quantitative estimate of drug-likeness (QED) is 0.842. The monoisotopic (exact) mass is 235 g/mol. The van der Waals surface area contributed by atoms with Crippen LogP contribution in [0.25, 0.3) is 0 Å². The Morgan fingerprint density at radius 3 is 2.94 bits per heavy atom. The first kappa shape index (κ1) is 11.4. The molecule has 0 bridgehead atoms. The topological polar surface area (TPSA) is 83.4 Å². The number of anilines is 1. The van der Waals surface area contributed by atoms with E-state index in [0.29, 0.717) is 30.7 Å². The molecular formula is C11H13N3O3. The van der Waals surface area contributed by atoms with Crippen LogP contribution in [0.3, 0.4) is 0 Å². The molecular weight excluding hydrogens is 222 g/mol. The second kappa shape index (κ2) is 5.31. The minimum absolute atomic E-state index is 0.294. The molecule has 0 aromatic carbocycles. The van der Waals surface area contributed by atoms with E-state index in [1.807, 2.05) is 6.07 Å². The van der Waals surface area contributed by atoms with Crippen molar-refractivity contribution < 1.29 is 13.9 Å².